The molecule has 2 N–H and O–H groups in total. The van der Waals surface area contributed by atoms with E-state index < -0.39 is 11.9 Å². The van der Waals surface area contributed by atoms with Crippen LogP contribution in [0.3, 0.4) is 0 Å². The lowest BCUT2D eigenvalue weighted by Gasteiger charge is -2.34. The second-order valence-electron chi connectivity index (χ2n) is 6.81. The maximum atomic E-state index is 12.4. The van der Waals surface area contributed by atoms with Crippen LogP contribution in [0.4, 0.5) is 0 Å². The van der Waals surface area contributed by atoms with Crippen LogP contribution in [0.1, 0.15) is 58.8 Å². The van der Waals surface area contributed by atoms with Gasteiger partial charge in [0.1, 0.15) is 0 Å². The molecule has 0 radical (unpaired) electrons. The third kappa shape index (κ3) is 3.53. The predicted molar refractivity (Wildman–Crippen MR) is 77.2 cm³/mol. The van der Waals surface area contributed by atoms with Gasteiger partial charge in [0, 0.05) is 6.04 Å². The van der Waals surface area contributed by atoms with Crippen LogP contribution in [-0.4, -0.2) is 23.0 Å². The van der Waals surface area contributed by atoms with Crippen molar-refractivity contribution in [2.45, 2.75) is 64.8 Å². The number of carbonyl (C=O) groups excluding carboxylic acids is 1. The van der Waals surface area contributed by atoms with E-state index in [0.717, 1.165) is 44.4 Å². The summed E-state index contributed by atoms with van der Waals surface area (Å²) in [5.41, 5.74) is 0. The number of hydrogen-bond acceptors (Lipinski definition) is 2. The third-order valence-electron chi connectivity index (χ3n) is 5.36. The van der Waals surface area contributed by atoms with E-state index in [1.165, 1.54) is 0 Å². The summed E-state index contributed by atoms with van der Waals surface area (Å²) in [6.45, 7) is 4.51. The van der Waals surface area contributed by atoms with Gasteiger partial charge in [-0.25, -0.2) is 0 Å². The molecule has 0 aromatic rings. The van der Waals surface area contributed by atoms with E-state index in [-0.39, 0.29) is 17.9 Å². The second-order valence-corrected chi connectivity index (χ2v) is 6.81. The molecule has 5 unspecified atom stereocenters. The van der Waals surface area contributed by atoms with Crippen molar-refractivity contribution in [1.82, 2.24) is 5.32 Å². The van der Waals surface area contributed by atoms with Crippen LogP contribution in [0.5, 0.6) is 0 Å². The molecule has 5 atom stereocenters. The highest BCUT2D eigenvalue weighted by atomic mass is 16.4. The Hall–Kier alpha value is -1.06. The summed E-state index contributed by atoms with van der Waals surface area (Å²) < 4.78 is 0. The Kier molecular flexibility index (Phi) is 5.06. The standard InChI is InChI=1S/C16H27NO3/c1-10-7-8-12(9-11(10)2)17-15(18)13-5-3-4-6-14(13)16(19)20/h10-14H,3-9H2,1-2H3,(H,17,18)(H,19,20). The van der Waals surface area contributed by atoms with Gasteiger partial charge in [-0.3, -0.25) is 9.59 Å². The molecule has 0 aromatic heterocycles. The average Bonchev–Trinajstić information content (AvgIpc) is 2.43. The van der Waals surface area contributed by atoms with E-state index in [1.807, 2.05) is 0 Å². The zero-order valence-electron chi connectivity index (χ0n) is 12.6. The highest BCUT2D eigenvalue weighted by Crippen LogP contribution is 2.32. The number of rotatable bonds is 3. The zero-order chi connectivity index (χ0) is 14.7. The van der Waals surface area contributed by atoms with E-state index in [2.05, 4.69) is 19.2 Å². The quantitative estimate of drug-likeness (QED) is 0.836. The lowest BCUT2D eigenvalue weighted by atomic mass is 9.77. The fraction of sp³-hybridized carbons (Fsp3) is 0.875. The molecule has 2 aliphatic rings. The zero-order valence-corrected chi connectivity index (χ0v) is 12.6. The summed E-state index contributed by atoms with van der Waals surface area (Å²) in [5.74, 6) is -0.279. The van der Waals surface area contributed by atoms with Crippen molar-refractivity contribution < 1.29 is 14.7 Å². The van der Waals surface area contributed by atoms with Crippen molar-refractivity contribution >= 4 is 11.9 Å². The summed E-state index contributed by atoms with van der Waals surface area (Å²) in [6, 6.07) is 0.241. The first kappa shape index (κ1) is 15.3. The van der Waals surface area contributed by atoms with Crippen LogP contribution in [-0.2, 0) is 9.59 Å². The molecule has 114 valence electrons. The number of aliphatic carboxylic acids is 1. The molecular weight excluding hydrogens is 254 g/mol. The van der Waals surface area contributed by atoms with Crippen molar-refractivity contribution in [3.05, 3.63) is 0 Å². The van der Waals surface area contributed by atoms with Crippen LogP contribution in [0.2, 0.25) is 0 Å². The van der Waals surface area contributed by atoms with Gasteiger partial charge >= 0.3 is 5.97 Å². The Morgan fingerprint density at radius 2 is 1.60 bits per heavy atom. The number of hydrogen-bond donors (Lipinski definition) is 2. The van der Waals surface area contributed by atoms with Crippen LogP contribution >= 0.6 is 0 Å². The van der Waals surface area contributed by atoms with Crippen molar-refractivity contribution in [3.63, 3.8) is 0 Å². The van der Waals surface area contributed by atoms with Crippen molar-refractivity contribution in [2.75, 3.05) is 0 Å². The van der Waals surface area contributed by atoms with Gasteiger partial charge < -0.3 is 10.4 Å². The van der Waals surface area contributed by atoms with Gasteiger partial charge in [0.25, 0.3) is 0 Å². The minimum absolute atomic E-state index is 0.0242. The molecule has 0 spiro atoms. The van der Waals surface area contributed by atoms with Crippen LogP contribution in [0.15, 0.2) is 0 Å². The minimum Gasteiger partial charge on any atom is -0.481 e. The minimum atomic E-state index is -0.810. The fourth-order valence-electron chi connectivity index (χ4n) is 3.73. The number of carboxylic acid groups (broad SMARTS) is 1. The summed E-state index contributed by atoms with van der Waals surface area (Å²) >= 11 is 0. The van der Waals surface area contributed by atoms with Gasteiger partial charge in [-0.2, -0.15) is 0 Å². The smallest absolute Gasteiger partial charge is 0.307 e. The van der Waals surface area contributed by atoms with E-state index in [1.54, 1.807) is 0 Å². The predicted octanol–water partition coefficient (Wildman–Crippen LogP) is 2.82. The molecule has 1 amide bonds. The molecule has 0 aromatic carbocycles. The van der Waals surface area contributed by atoms with Crippen LogP contribution in [0, 0.1) is 23.7 Å². The van der Waals surface area contributed by atoms with E-state index >= 15 is 0 Å². The summed E-state index contributed by atoms with van der Waals surface area (Å²) in [7, 11) is 0. The lowest BCUT2D eigenvalue weighted by molar-refractivity contribution is -0.149. The molecule has 20 heavy (non-hydrogen) atoms. The van der Waals surface area contributed by atoms with Gasteiger partial charge in [-0.05, 0) is 43.9 Å². The first-order chi connectivity index (χ1) is 9.49. The molecule has 2 saturated carbocycles. The largest absolute Gasteiger partial charge is 0.481 e. The molecule has 0 saturated heterocycles. The molecule has 2 aliphatic carbocycles. The Balaban J connectivity index is 1.91. The summed E-state index contributed by atoms with van der Waals surface area (Å²) in [4.78, 5) is 23.7. The third-order valence-corrected chi connectivity index (χ3v) is 5.36. The Bertz CT molecular complexity index is 369. The Morgan fingerprint density at radius 1 is 0.950 bits per heavy atom. The molecule has 0 bridgehead atoms. The first-order valence-electron chi connectivity index (χ1n) is 8.02. The van der Waals surface area contributed by atoms with E-state index in [9.17, 15) is 14.7 Å². The molecule has 4 nitrogen and oxygen atoms in total. The number of carbonyl (C=O) groups is 2. The highest BCUT2D eigenvalue weighted by molar-refractivity contribution is 5.85. The molecule has 2 fully saturated rings. The molecule has 0 aliphatic heterocycles. The van der Waals surface area contributed by atoms with Crippen molar-refractivity contribution in [2.24, 2.45) is 23.7 Å². The average molecular weight is 281 g/mol. The topological polar surface area (TPSA) is 66.4 Å². The summed E-state index contributed by atoms with van der Waals surface area (Å²) in [5, 5.41) is 12.4. The van der Waals surface area contributed by atoms with Gasteiger partial charge in [-0.1, -0.05) is 26.7 Å². The fourth-order valence-corrected chi connectivity index (χ4v) is 3.73. The maximum Gasteiger partial charge on any atom is 0.307 e. The van der Waals surface area contributed by atoms with Crippen molar-refractivity contribution in [1.29, 1.82) is 0 Å². The lowest BCUT2D eigenvalue weighted by Crippen LogP contribution is -2.46. The Labute approximate surface area is 121 Å². The van der Waals surface area contributed by atoms with Gasteiger partial charge in [-0.15, -0.1) is 0 Å². The van der Waals surface area contributed by atoms with Crippen LogP contribution < -0.4 is 5.32 Å². The molecule has 0 heterocycles. The summed E-state index contributed by atoms with van der Waals surface area (Å²) in [6.07, 6.45) is 6.48. The highest BCUT2D eigenvalue weighted by Gasteiger charge is 2.37. The normalized spacial score (nSPS) is 38.2. The second kappa shape index (κ2) is 6.59. The number of carboxylic acids is 1. The van der Waals surface area contributed by atoms with E-state index in [4.69, 9.17) is 0 Å². The monoisotopic (exact) mass is 281 g/mol. The van der Waals surface area contributed by atoms with E-state index in [0.29, 0.717) is 12.3 Å². The van der Waals surface area contributed by atoms with Gasteiger partial charge in [0.2, 0.25) is 5.91 Å². The number of amides is 1. The van der Waals surface area contributed by atoms with Gasteiger partial charge in [0.05, 0.1) is 11.8 Å². The SMILES string of the molecule is CC1CCC(NC(=O)C2CCCCC2C(=O)O)CC1C. The number of nitrogens with one attached hydrogen (secondary N) is 1. The maximum absolute atomic E-state index is 12.4. The molecule has 4 heteroatoms. The molecule has 2 rings (SSSR count). The van der Waals surface area contributed by atoms with Crippen LogP contribution in [0.25, 0.3) is 0 Å². The van der Waals surface area contributed by atoms with Crippen molar-refractivity contribution in [3.8, 4) is 0 Å². The first-order valence-corrected chi connectivity index (χ1v) is 8.02. The molecular formula is C16H27NO3. The van der Waals surface area contributed by atoms with Gasteiger partial charge in [0.15, 0.2) is 0 Å². The Morgan fingerprint density at radius 3 is 2.20 bits per heavy atom.